The van der Waals surface area contributed by atoms with E-state index in [1.807, 2.05) is 11.9 Å². The van der Waals surface area contributed by atoms with Crippen molar-refractivity contribution in [2.75, 3.05) is 39.8 Å². The number of rotatable bonds is 4. The minimum absolute atomic E-state index is 0.0603. The number of nitrogens with one attached hydrogen (secondary N) is 1. The van der Waals surface area contributed by atoms with E-state index in [-0.39, 0.29) is 6.04 Å². The van der Waals surface area contributed by atoms with Crippen molar-refractivity contribution in [3.8, 4) is 0 Å². The summed E-state index contributed by atoms with van der Waals surface area (Å²) in [7, 11) is 1.89. The molecule has 0 aromatic carbocycles. The molecular weight excluding hydrogens is 214 g/mol. The second kappa shape index (κ2) is 6.36. The summed E-state index contributed by atoms with van der Waals surface area (Å²) in [6, 6.07) is 0.0603. The van der Waals surface area contributed by atoms with Gasteiger partial charge in [-0.2, -0.15) is 0 Å². The number of carbonyl (C=O) groups excluding carboxylic acids is 1. The van der Waals surface area contributed by atoms with E-state index in [1.165, 1.54) is 32.4 Å². The molecule has 0 spiro atoms. The molecule has 2 aliphatic rings. The first-order valence-corrected chi connectivity index (χ1v) is 6.99. The molecule has 98 valence electrons. The van der Waals surface area contributed by atoms with Gasteiger partial charge in [-0.25, -0.2) is 0 Å². The van der Waals surface area contributed by atoms with E-state index in [2.05, 4.69) is 10.2 Å². The highest BCUT2D eigenvalue weighted by Crippen LogP contribution is 2.13. The number of likely N-dealkylation sites (tertiary alicyclic amines) is 2. The summed E-state index contributed by atoms with van der Waals surface area (Å²) in [5.74, 6) is 0.302. The summed E-state index contributed by atoms with van der Waals surface area (Å²) in [5, 5.41) is 3.12. The largest absolute Gasteiger partial charge is 0.340 e. The smallest absolute Gasteiger partial charge is 0.239 e. The molecule has 0 aliphatic carbocycles. The Bertz CT molecular complexity index is 251. The van der Waals surface area contributed by atoms with E-state index in [0.717, 1.165) is 32.5 Å². The highest BCUT2D eigenvalue weighted by Gasteiger charge is 2.27. The quantitative estimate of drug-likeness (QED) is 0.784. The highest BCUT2D eigenvalue weighted by atomic mass is 16.2. The van der Waals surface area contributed by atoms with Crippen LogP contribution in [-0.4, -0.2) is 61.5 Å². The fourth-order valence-electron chi connectivity index (χ4n) is 2.88. The molecule has 2 rings (SSSR count). The minimum Gasteiger partial charge on any atom is -0.340 e. The lowest BCUT2D eigenvalue weighted by Crippen LogP contribution is -2.51. The molecular formula is C13H25N3O. The van der Waals surface area contributed by atoms with Crippen LogP contribution in [0.25, 0.3) is 0 Å². The third kappa shape index (κ3) is 3.42. The van der Waals surface area contributed by atoms with Gasteiger partial charge in [-0.1, -0.05) is 6.42 Å². The van der Waals surface area contributed by atoms with E-state index in [4.69, 9.17) is 0 Å². The van der Waals surface area contributed by atoms with Crippen molar-refractivity contribution in [1.29, 1.82) is 0 Å². The molecule has 2 saturated heterocycles. The summed E-state index contributed by atoms with van der Waals surface area (Å²) in [4.78, 5) is 16.6. The zero-order valence-electron chi connectivity index (χ0n) is 11.0. The molecule has 0 radical (unpaired) electrons. The lowest BCUT2D eigenvalue weighted by molar-refractivity contribution is -0.136. The van der Waals surface area contributed by atoms with Gasteiger partial charge in [0, 0.05) is 19.6 Å². The normalized spacial score (nSPS) is 27.5. The van der Waals surface area contributed by atoms with Crippen LogP contribution >= 0.6 is 0 Å². The molecule has 4 nitrogen and oxygen atoms in total. The van der Waals surface area contributed by atoms with Gasteiger partial charge in [0.1, 0.15) is 0 Å². The number of nitrogens with zero attached hydrogens (tertiary/aromatic N) is 2. The number of hydrogen-bond acceptors (Lipinski definition) is 3. The average molecular weight is 239 g/mol. The molecule has 4 heteroatoms. The zero-order valence-corrected chi connectivity index (χ0v) is 11.0. The van der Waals surface area contributed by atoms with Crippen LogP contribution in [0.3, 0.4) is 0 Å². The van der Waals surface area contributed by atoms with Crippen LogP contribution in [-0.2, 0) is 4.79 Å². The monoisotopic (exact) mass is 239 g/mol. The van der Waals surface area contributed by atoms with Crippen LogP contribution in [0.4, 0.5) is 0 Å². The van der Waals surface area contributed by atoms with Gasteiger partial charge < -0.3 is 15.1 Å². The minimum atomic E-state index is 0.0603. The average Bonchev–Trinajstić information content (AvgIpc) is 2.39. The Morgan fingerprint density at radius 2 is 1.88 bits per heavy atom. The third-order valence-electron chi connectivity index (χ3n) is 4.01. The van der Waals surface area contributed by atoms with E-state index >= 15 is 0 Å². The Hall–Kier alpha value is -0.610. The van der Waals surface area contributed by atoms with Crippen LogP contribution in [0.15, 0.2) is 0 Å². The third-order valence-corrected chi connectivity index (χ3v) is 4.01. The number of hydrogen-bond donors (Lipinski definition) is 1. The van der Waals surface area contributed by atoms with Crippen molar-refractivity contribution < 1.29 is 4.79 Å². The fraction of sp³-hybridized carbons (Fsp3) is 0.923. The number of likely N-dealkylation sites (N-methyl/N-ethyl adjacent to an activating group) is 1. The Kier molecular flexibility index (Phi) is 4.80. The molecule has 2 fully saturated rings. The molecule has 0 aromatic rings. The molecule has 1 atom stereocenters. The van der Waals surface area contributed by atoms with Gasteiger partial charge in [0.05, 0.1) is 6.04 Å². The molecule has 17 heavy (non-hydrogen) atoms. The van der Waals surface area contributed by atoms with E-state index in [1.54, 1.807) is 0 Å². The van der Waals surface area contributed by atoms with Crippen molar-refractivity contribution in [2.45, 2.75) is 38.1 Å². The summed E-state index contributed by atoms with van der Waals surface area (Å²) in [6.07, 6.45) is 6.16. The van der Waals surface area contributed by atoms with Crippen LogP contribution in [0, 0.1) is 0 Å². The Morgan fingerprint density at radius 1 is 1.12 bits per heavy atom. The van der Waals surface area contributed by atoms with Gasteiger partial charge in [-0.15, -0.1) is 0 Å². The van der Waals surface area contributed by atoms with Crippen LogP contribution in [0.2, 0.25) is 0 Å². The maximum Gasteiger partial charge on any atom is 0.239 e. The second-order valence-corrected chi connectivity index (χ2v) is 5.21. The van der Waals surface area contributed by atoms with E-state index < -0.39 is 0 Å². The van der Waals surface area contributed by atoms with Crippen molar-refractivity contribution in [2.24, 2.45) is 0 Å². The molecule has 1 amide bonds. The summed E-state index contributed by atoms with van der Waals surface area (Å²) >= 11 is 0. The van der Waals surface area contributed by atoms with Gasteiger partial charge in [-0.05, 0) is 45.8 Å². The van der Waals surface area contributed by atoms with Gasteiger partial charge >= 0.3 is 0 Å². The van der Waals surface area contributed by atoms with Gasteiger partial charge in [0.25, 0.3) is 0 Å². The van der Waals surface area contributed by atoms with Crippen LogP contribution in [0.5, 0.6) is 0 Å². The molecule has 0 aromatic heterocycles. The molecule has 0 bridgehead atoms. The first kappa shape index (κ1) is 12.8. The topological polar surface area (TPSA) is 35.6 Å². The van der Waals surface area contributed by atoms with Crippen molar-refractivity contribution >= 4 is 5.91 Å². The Labute approximate surface area is 104 Å². The second-order valence-electron chi connectivity index (χ2n) is 5.21. The van der Waals surface area contributed by atoms with Crippen LogP contribution < -0.4 is 5.32 Å². The van der Waals surface area contributed by atoms with Crippen molar-refractivity contribution in [3.05, 3.63) is 0 Å². The Balaban J connectivity index is 1.75. The first-order chi connectivity index (χ1) is 8.31. The highest BCUT2D eigenvalue weighted by molar-refractivity contribution is 5.82. The number of carbonyl (C=O) groups is 1. The molecule has 1 N–H and O–H groups in total. The summed E-state index contributed by atoms with van der Waals surface area (Å²) < 4.78 is 0. The number of amides is 1. The predicted molar refractivity (Wildman–Crippen MR) is 69.0 cm³/mol. The summed E-state index contributed by atoms with van der Waals surface area (Å²) in [6.45, 7) is 5.36. The Morgan fingerprint density at radius 3 is 2.59 bits per heavy atom. The van der Waals surface area contributed by atoms with Gasteiger partial charge in [0.2, 0.25) is 5.91 Å². The van der Waals surface area contributed by atoms with E-state index in [0.29, 0.717) is 5.91 Å². The standard InChI is InChI=1S/C13H25N3O/c1-14-12-6-5-9-16(13(12)17)11-10-15-7-3-2-4-8-15/h12,14H,2-11H2,1H3. The predicted octanol–water partition coefficient (Wildman–Crippen LogP) is 0.683. The molecule has 2 heterocycles. The van der Waals surface area contributed by atoms with Crippen molar-refractivity contribution in [3.63, 3.8) is 0 Å². The molecule has 1 unspecified atom stereocenters. The fourth-order valence-corrected chi connectivity index (χ4v) is 2.88. The number of piperidine rings is 2. The van der Waals surface area contributed by atoms with Gasteiger partial charge in [-0.3, -0.25) is 4.79 Å². The lowest BCUT2D eigenvalue weighted by atomic mass is 10.0. The van der Waals surface area contributed by atoms with Crippen LogP contribution in [0.1, 0.15) is 32.1 Å². The molecule has 2 aliphatic heterocycles. The first-order valence-electron chi connectivity index (χ1n) is 6.99. The maximum absolute atomic E-state index is 12.1. The summed E-state index contributed by atoms with van der Waals surface area (Å²) in [5.41, 5.74) is 0. The lowest BCUT2D eigenvalue weighted by Gasteiger charge is -2.34. The zero-order chi connectivity index (χ0) is 12.1. The SMILES string of the molecule is CNC1CCCN(CCN2CCCCC2)C1=O. The maximum atomic E-state index is 12.1. The molecule has 0 saturated carbocycles. The van der Waals surface area contributed by atoms with Crippen molar-refractivity contribution in [1.82, 2.24) is 15.1 Å². The van der Waals surface area contributed by atoms with Gasteiger partial charge in [0.15, 0.2) is 0 Å². The van der Waals surface area contributed by atoms with E-state index in [9.17, 15) is 4.79 Å².